The van der Waals surface area contributed by atoms with E-state index in [4.69, 9.17) is 11.6 Å². The van der Waals surface area contributed by atoms with Gasteiger partial charge in [0, 0.05) is 27.1 Å². The molecule has 0 saturated carbocycles. The molecule has 0 saturated heterocycles. The molecule has 1 aromatic carbocycles. The molecule has 0 aliphatic carbocycles. The van der Waals surface area contributed by atoms with Gasteiger partial charge in [0.2, 0.25) is 5.91 Å². The number of anilines is 1. The van der Waals surface area contributed by atoms with Gasteiger partial charge in [-0.3, -0.25) is 9.59 Å². The van der Waals surface area contributed by atoms with Crippen molar-refractivity contribution in [1.29, 1.82) is 0 Å². The summed E-state index contributed by atoms with van der Waals surface area (Å²) in [6.07, 6.45) is 1.50. The number of pyridine rings is 1. The van der Waals surface area contributed by atoms with Crippen molar-refractivity contribution in [2.75, 3.05) is 18.5 Å². The molecule has 0 bridgehead atoms. The van der Waals surface area contributed by atoms with Gasteiger partial charge in [-0.1, -0.05) is 31.5 Å². The van der Waals surface area contributed by atoms with E-state index in [0.717, 1.165) is 5.69 Å². The van der Waals surface area contributed by atoms with Crippen molar-refractivity contribution in [3.8, 4) is 22.8 Å². The van der Waals surface area contributed by atoms with Crippen LogP contribution in [0.5, 0.6) is 0 Å². The molecular formula is C26H25ClN6O3S. The Morgan fingerprint density at radius 2 is 1.78 bits per heavy atom. The van der Waals surface area contributed by atoms with Crippen molar-refractivity contribution in [2.24, 2.45) is 0 Å². The zero-order valence-corrected chi connectivity index (χ0v) is 22.0. The Hall–Kier alpha value is -3.73. The molecule has 0 fully saturated rings. The number of aromatic nitrogens is 4. The topological polar surface area (TPSA) is 130 Å². The van der Waals surface area contributed by atoms with E-state index in [1.165, 1.54) is 17.7 Å². The first-order chi connectivity index (χ1) is 17.7. The number of nitrogens with zero attached hydrogens (tertiary/aromatic N) is 4. The number of rotatable bonds is 8. The molecule has 0 aliphatic rings. The molecule has 37 heavy (non-hydrogen) atoms. The van der Waals surface area contributed by atoms with Gasteiger partial charge >= 0.3 is 0 Å². The van der Waals surface area contributed by atoms with Crippen molar-refractivity contribution < 1.29 is 14.7 Å². The molecule has 4 aromatic rings. The lowest BCUT2D eigenvalue weighted by atomic mass is 9.84. The molecule has 0 unspecified atom stereocenters. The highest BCUT2D eigenvalue weighted by atomic mass is 35.5. The molecule has 0 atom stereocenters. The van der Waals surface area contributed by atoms with Gasteiger partial charge in [0.05, 0.1) is 30.2 Å². The Morgan fingerprint density at radius 1 is 1.03 bits per heavy atom. The van der Waals surface area contributed by atoms with Crippen LogP contribution < -0.4 is 10.6 Å². The minimum atomic E-state index is -0.616. The van der Waals surface area contributed by atoms with Gasteiger partial charge in [-0.2, -0.15) is 0 Å². The number of aliphatic hydroxyl groups excluding tert-OH is 1. The van der Waals surface area contributed by atoms with Crippen LogP contribution in [0.15, 0.2) is 54.2 Å². The summed E-state index contributed by atoms with van der Waals surface area (Å²) in [6, 6.07) is 12.2. The van der Waals surface area contributed by atoms with Gasteiger partial charge in [0.25, 0.3) is 5.91 Å². The van der Waals surface area contributed by atoms with E-state index >= 15 is 0 Å². The second kappa shape index (κ2) is 11.1. The number of benzene rings is 1. The predicted octanol–water partition coefficient (Wildman–Crippen LogP) is 4.26. The molecule has 3 heterocycles. The minimum Gasteiger partial charge on any atom is -0.395 e. The average Bonchev–Trinajstić information content (AvgIpc) is 3.36. The summed E-state index contributed by atoms with van der Waals surface area (Å²) in [5.74, 6) is -0.847. The second-order valence-electron chi connectivity index (χ2n) is 8.96. The smallest absolute Gasteiger partial charge is 0.251 e. The Labute approximate surface area is 223 Å². The number of halogens is 1. The number of hydrogen-bond acceptors (Lipinski definition) is 8. The summed E-state index contributed by atoms with van der Waals surface area (Å²) < 4.78 is 0. The van der Waals surface area contributed by atoms with E-state index in [0.29, 0.717) is 44.1 Å². The normalized spacial score (nSPS) is 11.3. The molecule has 4 rings (SSSR count). The first-order valence-electron chi connectivity index (χ1n) is 11.4. The van der Waals surface area contributed by atoms with Crippen LogP contribution in [0.3, 0.4) is 0 Å². The summed E-state index contributed by atoms with van der Waals surface area (Å²) in [5.41, 5.74) is 3.87. The number of aryl methyl sites for hydroxylation is 1. The lowest BCUT2D eigenvalue weighted by molar-refractivity contribution is -0.115. The zero-order valence-electron chi connectivity index (χ0n) is 20.4. The number of amides is 2. The predicted molar refractivity (Wildman–Crippen MR) is 144 cm³/mol. The highest BCUT2D eigenvalue weighted by Crippen LogP contribution is 2.30. The van der Waals surface area contributed by atoms with Crippen molar-refractivity contribution in [3.63, 3.8) is 0 Å². The molecule has 0 spiro atoms. The number of hydrogen-bond donors (Lipinski definition) is 3. The molecule has 0 radical (unpaired) electrons. The van der Waals surface area contributed by atoms with Gasteiger partial charge < -0.3 is 15.7 Å². The van der Waals surface area contributed by atoms with E-state index in [1.807, 2.05) is 45.0 Å². The lowest BCUT2D eigenvalue weighted by Gasteiger charge is -2.24. The summed E-state index contributed by atoms with van der Waals surface area (Å²) in [4.78, 5) is 42.5. The van der Waals surface area contributed by atoms with Crippen molar-refractivity contribution >= 4 is 39.9 Å². The van der Waals surface area contributed by atoms with Crippen LogP contribution in [0.4, 0.5) is 5.13 Å². The van der Waals surface area contributed by atoms with E-state index < -0.39 is 17.2 Å². The number of nitrogens with one attached hydrogen (secondary N) is 2. The van der Waals surface area contributed by atoms with Gasteiger partial charge in [-0.25, -0.2) is 19.9 Å². The quantitative estimate of drug-likeness (QED) is 0.306. The first-order valence-corrected chi connectivity index (χ1v) is 12.6. The fourth-order valence-electron chi connectivity index (χ4n) is 3.46. The maximum atomic E-state index is 12.6. The molecular weight excluding hydrogens is 512 g/mol. The largest absolute Gasteiger partial charge is 0.395 e. The third-order valence-electron chi connectivity index (χ3n) is 5.59. The summed E-state index contributed by atoms with van der Waals surface area (Å²) >= 11 is 7.51. The Morgan fingerprint density at radius 3 is 2.51 bits per heavy atom. The number of carbonyl (C=O) groups is 2. The molecule has 190 valence electrons. The Balaban J connectivity index is 1.38. The van der Waals surface area contributed by atoms with Crippen molar-refractivity contribution in [1.82, 2.24) is 25.3 Å². The van der Waals surface area contributed by atoms with Crippen LogP contribution in [-0.2, 0) is 10.2 Å². The lowest BCUT2D eigenvalue weighted by Crippen LogP contribution is -2.33. The number of aliphatic hydroxyl groups is 1. The van der Waals surface area contributed by atoms with Gasteiger partial charge in [-0.05, 0) is 48.9 Å². The Bertz CT molecular complexity index is 1460. The van der Waals surface area contributed by atoms with Crippen LogP contribution in [-0.4, -0.2) is 50.0 Å². The van der Waals surface area contributed by atoms with E-state index in [1.54, 1.807) is 23.6 Å². The monoisotopic (exact) mass is 536 g/mol. The number of carbonyl (C=O) groups excluding carboxylic acids is 2. The fraction of sp³-hybridized carbons (Fsp3) is 0.231. The van der Waals surface area contributed by atoms with Crippen molar-refractivity contribution in [3.05, 3.63) is 76.0 Å². The van der Waals surface area contributed by atoms with E-state index in [9.17, 15) is 14.7 Å². The fourth-order valence-corrected chi connectivity index (χ4v) is 4.55. The Kier molecular flexibility index (Phi) is 7.91. The van der Waals surface area contributed by atoms with Crippen molar-refractivity contribution in [2.45, 2.75) is 26.2 Å². The molecule has 3 N–H and O–H groups in total. The third-order valence-corrected chi connectivity index (χ3v) is 6.68. The standard InChI is InChI=1S/C26H25ClN6O3S/c1-15-9-21(30-14-29-15)19-5-4-6-20(31-19)22-12-37-25(32-22)33-23(35)11-28-24(36)16-7-8-18(27)17(10-16)26(2,3)13-34/h4-10,12,14,34H,11,13H2,1-3H3,(H,28,36)(H,32,33,35). The van der Waals surface area contributed by atoms with Gasteiger partial charge in [0.15, 0.2) is 5.13 Å². The highest BCUT2D eigenvalue weighted by molar-refractivity contribution is 7.14. The SMILES string of the molecule is Cc1cc(-c2cccc(-c3csc(NC(=O)CNC(=O)c4ccc(Cl)c(C(C)(C)CO)c4)n3)n2)ncn1. The molecule has 3 aromatic heterocycles. The van der Waals surface area contributed by atoms with Gasteiger partial charge in [-0.15, -0.1) is 11.3 Å². The molecule has 9 nitrogen and oxygen atoms in total. The van der Waals surface area contributed by atoms with E-state index in [-0.39, 0.29) is 13.2 Å². The van der Waals surface area contributed by atoms with Crippen LogP contribution in [0.25, 0.3) is 22.8 Å². The van der Waals surface area contributed by atoms with Gasteiger partial charge in [0.1, 0.15) is 12.0 Å². The summed E-state index contributed by atoms with van der Waals surface area (Å²) in [6.45, 7) is 5.17. The summed E-state index contributed by atoms with van der Waals surface area (Å²) in [7, 11) is 0. The zero-order chi connectivity index (χ0) is 26.6. The first kappa shape index (κ1) is 26.3. The highest BCUT2D eigenvalue weighted by Gasteiger charge is 2.24. The van der Waals surface area contributed by atoms with E-state index in [2.05, 4.69) is 30.6 Å². The molecule has 11 heteroatoms. The van der Waals surface area contributed by atoms with Crippen LogP contribution in [0.1, 0.15) is 35.5 Å². The second-order valence-corrected chi connectivity index (χ2v) is 10.2. The maximum Gasteiger partial charge on any atom is 0.251 e. The average molecular weight is 537 g/mol. The minimum absolute atomic E-state index is 0.129. The number of thiazole rings is 1. The van der Waals surface area contributed by atoms with Crippen LogP contribution in [0.2, 0.25) is 5.02 Å². The molecule has 2 amide bonds. The maximum absolute atomic E-state index is 12.6. The van der Waals surface area contributed by atoms with Crippen LogP contribution >= 0.6 is 22.9 Å². The van der Waals surface area contributed by atoms with Crippen LogP contribution in [0, 0.1) is 6.92 Å². The molecule has 0 aliphatic heterocycles. The summed E-state index contributed by atoms with van der Waals surface area (Å²) in [5, 5.41) is 17.6. The third kappa shape index (κ3) is 6.34.